The summed E-state index contributed by atoms with van der Waals surface area (Å²) < 4.78 is 11.2. The quantitative estimate of drug-likeness (QED) is 0.679. The van der Waals surface area contributed by atoms with Gasteiger partial charge >= 0.3 is 0 Å². The Bertz CT molecular complexity index is 161. The Morgan fingerprint density at radius 1 is 0.714 bits per heavy atom. The van der Waals surface area contributed by atoms with Crippen LogP contribution in [0.4, 0.5) is 0 Å². The molecule has 0 amide bonds. The molecule has 0 radical (unpaired) electrons. The normalized spacial score (nSPS) is 43.3. The molecule has 2 aliphatic carbocycles. The monoisotopic (exact) mass is 198 g/mol. The van der Waals surface area contributed by atoms with E-state index in [4.69, 9.17) is 9.47 Å². The van der Waals surface area contributed by atoms with Crippen molar-refractivity contribution in [2.75, 3.05) is 14.2 Å². The zero-order valence-corrected chi connectivity index (χ0v) is 9.37. The van der Waals surface area contributed by atoms with Crippen molar-refractivity contribution in [3.63, 3.8) is 0 Å². The van der Waals surface area contributed by atoms with Crippen molar-refractivity contribution < 1.29 is 9.47 Å². The molecule has 0 spiro atoms. The Morgan fingerprint density at radius 3 is 1.50 bits per heavy atom. The van der Waals surface area contributed by atoms with E-state index in [-0.39, 0.29) is 0 Å². The van der Waals surface area contributed by atoms with Crippen molar-refractivity contribution in [2.45, 2.75) is 50.7 Å². The van der Waals surface area contributed by atoms with Gasteiger partial charge in [0.15, 0.2) is 0 Å². The molecule has 2 heteroatoms. The molecule has 0 aromatic rings. The van der Waals surface area contributed by atoms with Crippen molar-refractivity contribution >= 4 is 0 Å². The number of ether oxygens (including phenoxy) is 2. The average Bonchev–Trinajstić information content (AvgIpc) is 2.27. The van der Waals surface area contributed by atoms with Gasteiger partial charge in [-0.2, -0.15) is 0 Å². The summed E-state index contributed by atoms with van der Waals surface area (Å²) in [6, 6.07) is 0. The van der Waals surface area contributed by atoms with Crippen molar-refractivity contribution in [2.24, 2.45) is 11.8 Å². The minimum absolute atomic E-state index is 0.506. The van der Waals surface area contributed by atoms with E-state index >= 15 is 0 Å². The predicted molar refractivity (Wildman–Crippen MR) is 56.3 cm³/mol. The van der Waals surface area contributed by atoms with Crippen LogP contribution in [-0.4, -0.2) is 26.4 Å². The molecule has 0 bridgehead atoms. The van der Waals surface area contributed by atoms with Crippen LogP contribution in [-0.2, 0) is 9.47 Å². The van der Waals surface area contributed by atoms with Gasteiger partial charge in [0.05, 0.1) is 12.2 Å². The molecule has 0 aliphatic heterocycles. The highest BCUT2D eigenvalue weighted by atomic mass is 16.5. The zero-order chi connectivity index (χ0) is 9.97. The first-order valence-corrected chi connectivity index (χ1v) is 5.92. The first kappa shape index (κ1) is 10.4. The van der Waals surface area contributed by atoms with E-state index in [0.29, 0.717) is 12.2 Å². The topological polar surface area (TPSA) is 18.5 Å². The Morgan fingerprint density at radius 2 is 1.14 bits per heavy atom. The number of methoxy groups -OCH3 is 2. The molecule has 14 heavy (non-hydrogen) atoms. The van der Waals surface area contributed by atoms with Gasteiger partial charge in [-0.05, 0) is 37.5 Å². The fraction of sp³-hybridized carbons (Fsp3) is 1.00. The van der Waals surface area contributed by atoms with Crippen LogP contribution in [0.15, 0.2) is 0 Å². The largest absolute Gasteiger partial charge is 0.381 e. The highest BCUT2D eigenvalue weighted by Crippen LogP contribution is 2.42. The van der Waals surface area contributed by atoms with E-state index in [1.807, 2.05) is 14.2 Å². The van der Waals surface area contributed by atoms with Crippen LogP contribution in [0.3, 0.4) is 0 Å². The molecule has 2 fully saturated rings. The molecular formula is C12H22O2. The second-order valence-corrected chi connectivity index (χ2v) is 4.74. The standard InChI is InChI=1S/C12H22O2/c1-13-11-7-8-12(14-2)10-6-4-3-5-9(10)11/h9-12H,3-8H2,1-2H3/t9-,10+,11+,12-. The van der Waals surface area contributed by atoms with Crippen LogP contribution in [0.2, 0.25) is 0 Å². The average molecular weight is 198 g/mol. The van der Waals surface area contributed by atoms with Crippen molar-refractivity contribution in [1.29, 1.82) is 0 Å². The lowest BCUT2D eigenvalue weighted by molar-refractivity contribution is -0.0905. The summed E-state index contributed by atoms with van der Waals surface area (Å²) in [6.07, 6.45) is 8.87. The lowest BCUT2D eigenvalue weighted by atomic mass is 9.68. The minimum Gasteiger partial charge on any atom is -0.381 e. The van der Waals surface area contributed by atoms with Crippen molar-refractivity contribution in [3.8, 4) is 0 Å². The Hall–Kier alpha value is -0.0800. The second-order valence-electron chi connectivity index (χ2n) is 4.74. The Balaban J connectivity index is 2.05. The summed E-state index contributed by atoms with van der Waals surface area (Å²) in [6.45, 7) is 0. The van der Waals surface area contributed by atoms with Crippen LogP contribution in [0.25, 0.3) is 0 Å². The van der Waals surface area contributed by atoms with Gasteiger partial charge in [-0.1, -0.05) is 12.8 Å². The summed E-state index contributed by atoms with van der Waals surface area (Å²) >= 11 is 0. The van der Waals surface area contributed by atoms with Gasteiger partial charge in [0.2, 0.25) is 0 Å². The molecule has 0 N–H and O–H groups in total. The van der Waals surface area contributed by atoms with Crippen LogP contribution in [0.5, 0.6) is 0 Å². The molecule has 0 saturated heterocycles. The maximum Gasteiger partial charge on any atom is 0.0604 e. The number of rotatable bonds is 2. The molecule has 0 unspecified atom stereocenters. The van der Waals surface area contributed by atoms with Gasteiger partial charge in [-0.15, -0.1) is 0 Å². The first-order chi connectivity index (χ1) is 6.86. The summed E-state index contributed by atoms with van der Waals surface area (Å²) in [5.74, 6) is 1.54. The lowest BCUT2D eigenvalue weighted by Crippen LogP contribution is -2.44. The number of hydrogen-bond donors (Lipinski definition) is 0. The third-order valence-electron chi connectivity index (χ3n) is 4.17. The molecule has 82 valence electrons. The van der Waals surface area contributed by atoms with E-state index < -0.39 is 0 Å². The molecule has 0 aromatic heterocycles. The molecule has 2 saturated carbocycles. The van der Waals surface area contributed by atoms with Crippen molar-refractivity contribution in [1.82, 2.24) is 0 Å². The number of hydrogen-bond acceptors (Lipinski definition) is 2. The van der Waals surface area contributed by atoms with Gasteiger partial charge in [0.1, 0.15) is 0 Å². The molecule has 0 heterocycles. The summed E-state index contributed by atoms with van der Waals surface area (Å²) in [4.78, 5) is 0. The van der Waals surface area contributed by atoms with Gasteiger partial charge in [0.25, 0.3) is 0 Å². The molecule has 2 nitrogen and oxygen atoms in total. The van der Waals surface area contributed by atoms with Crippen molar-refractivity contribution in [3.05, 3.63) is 0 Å². The fourth-order valence-electron chi connectivity index (χ4n) is 3.45. The number of fused-ring (bicyclic) bond motifs is 1. The van der Waals surface area contributed by atoms with Crippen LogP contribution < -0.4 is 0 Å². The van der Waals surface area contributed by atoms with Gasteiger partial charge in [-0.25, -0.2) is 0 Å². The van der Waals surface area contributed by atoms with E-state index in [9.17, 15) is 0 Å². The Kier molecular flexibility index (Phi) is 3.45. The molecule has 2 aliphatic rings. The third-order valence-corrected chi connectivity index (χ3v) is 4.17. The molecule has 0 aromatic carbocycles. The van der Waals surface area contributed by atoms with E-state index in [1.165, 1.54) is 38.5 Å². The van der Waals surface area contributed by atoms with E-state index in [1.54, 1.807) is 0 Å². The molecule has 4 atom stereocenters. The minimum atomic E-state index is 0.506. The maximum atomic E-state index is 5.60. The SMILES string of the molecule is CO[C@H]1CC[C@@H](OC)[C@H]2CCCC[C@H]21. The Labute approximate surface area is 87.0 Å². The summed E-state index contributed by atoms with van der Waals surface area (Å²) in [5.41, 5.74) is 0. The zero-order valence-electron chi connectivity index (χ0n) is 9.37. The fourth-order valence-corrected chi connectivity index (χ4v) is 3.45. The van der Waals surface area contributed by atoms with Gasteiger partial charge in [0, 0.05) is 14.2 Å². The van der Waals surface area contributed by atoms with Crippen LogP contribution in [0, 0.1) is 11.8 Å². The highest BCUT2D eigenvalue weighted by Gasteiger charge is 2.40. The maximum absolute atomic E-state index is 5.60. The van der Waals surface area contributed by atoms with Gasteiger partial charge < -0.3 is 9.47 Å². The van der Waals surface area contributed by atoms with Crippen LogP contribution in [0.1, 0.15) is 38.5 Å². The molecular weight excluding hydrogens is 176 g/mol. The molecule has 2 rings (SSSR count). The lowest BCUT2D eigenvalue weighted by Gasteiger charge is -2.44. The van der Waals surface area contributed by atoms with E-state index in [0.717, 1.165) is 11.8 Å². The van der Waals surface area contributed by atoms with Crippen LogP contribution >= 0.6 is 0 Å². The summed E-state index contributed by atoms with van der Waals surface area (Å²) in [7, 11) is 3.73. The smallest absolute Gasteiger partial charge is 0.0604 e. The summed E-state index contributed by atoms with van der Waals surface area (Å²) in [5, 5.41) is 0. The third kappa shape index (κ3) is 1.82. The first-order valence-electron chi connectivity index (χ1n) is 5.92. The highest BCUT2D eigenvalue weighted by molar-refractivity contribution is 4.91. The predicted octanol–water partition coefficient (Wildman–Crippen LogP) is 2.62. The van der Waals surface area contributed by atoms with Gasteiger partial charge in [-0.3, -0.25) is 0 Å². The second kappa shape index (κ2) is 4.63. The van der Waals surface area contributed by atoms with E-state index in [2.05, 4.69) is 0 Å².